The molecule has 1 aliphatic rings. The molecule has 1 unspecified atom stereocenters. The molecule has 2 aromatic carbocycles. The van der Waals surface area contributed by atoms with Crippen LogP contribution in [0.1, 0.15) is 18.2 Å². The lowest BCUT2D eigenvalue weighted by atomic mass is 9.99. The first-order chi connectivity index (χ1) is 16.3. The van der Waals surface area contributed by atoms with E-state index >= 15 is 0 Å². The van der Waals surface area contributed by atoms with Gasteiger partial charge >= 0.3 is 6.03 Å². The summed E-state index contributed by atoms with van der Waals surface area (Å²) in [7, 11) is 0. The van der Waals surface area contributed by atoms with Crippen LogP contribution < -0.4 is 10.6 Å². The smallest absolute Gasteiger partial charge is 0.325 e. The summed E-state index contributed by atoms with van der Waals surface area (Å²) in [5.74, 6) is -0.403. The highest BCUT2D eigenvalue weighted by atomic mass is 35.5. The van der Waals surface area contributed by atoms with Gasteiger partial charge in [-0.15, -0.1) is 0 Å². The molecule has 5 rings (SSSR count). The number of nitrogens with one attached hydrogen (secondary N) is 2. The molecule has 2 N–H and O–H groups in total. The molecule has 172 valence electrons. The number of fused-ring (bicyclic) bond motifs is 1. The van der Waals surface area contributed by atoms with Crippen LogP contribution in [-0.2, 0) is 21.7 Å². The zero-order valence-electron chi connectivity index (χ0n) is 18.1. The summed E-state index contributed by atoms with van der Waals surface area (Å²) in [6, 6.07) is 17.3. The van der Waals surface area contributed by atoms with Gasteiger partial charge in [0.1, 0.15) is 23.7 Å². The van der Waals surface area contributed by atoms with Crippen LogP contribution in [0.3, 0.4) is 0 Å². The number of amides is 4. The fourth-order valence-corrected chi connectivity index (χ4v) is 4.11. The maximum Gasteiger partial charge on any atom is 0.325 e. The van der Waals surface area contributed by atoms with Crippen LogP contribution in [0, 0.1) is 0 Å². The number of benzene rings is 2. The number of imide groups is 1. The molecule has 0 saturated carbocycles. The van der Waals surface area contributed by atoms with Crippen LogP contribution in [-0.4, -0.2) is 39.1 Å². The number of rotatable bonds is 6. The predicted octanol–water partition coefficient (Wildman–Crippen LogP) is 3.74. The van der Waals surface area contributed by atoms with E-state index in [0.29, 0.717) is 28.7 Å². The topological polar surface area (TPSA) is 109 Å². The maximum atomic E-state index is 13.2. The van der Waals surface area contributed by atoms with Gasteiger partial charge in [0.25, 0.3) is 5.91 Å². The minimum absolute atomic E-state index is 0.299. The number of halogens is 1. The fourth-order valence-electron chi connectivity index (χ4n) is 3.91. The molecular formula is C24H20ClN5O4. The van der Waals surface area contributed by atoms with E-state index in [1.165, 1.54) is 0 Å². The largest absolute Gasteiger partial charge is 0.458 e. The Hall–Kier alpha value is -4.11. The Balaban J connectivity index is 1.30. The van der Waals surface area contributed by atoms with Crippen molar-refractivity contribution in [3.05, 3.63) is 83.2 Å². The minimum atomic E-state index is -1.41. The molecule has 9 nitrogen and oxygen atoms in total. The highest BCUT2D eigenvalue weighted by molar-refractivity contribution is 6.31. The Labute approximate surface area is 199 Å². The summed E-state index contributed by atoms with van der Waals surface area (Å²) in [6.45, 7) is 1.44. The average molecular weight is 478 g/mol. The van der Waals surface area contributed by atoms with Gasteiger partial charge in [-0.2, -0.15) is 5.10 Å². The Morgan fingerprint density at radius 1 is 1.15 bits per heavy atom. The Morgan fingerprint density at radius 2 is 1.91 bits per heavy atom. The van der Waals surface area contributed by atoms with E-state index in [0.717, 1.165) is 15.8 Å². The van der Waals surface area contributed by atoms with E-state index in [1.54, 1.807) is 42.1 Å². The predicted molar refractivity (Wildman–Crippen MR) is 125 cm³/mol. The molecule has 4 amide bonds. The van der Waals surface area contributed by atoms with E-state index in [9.17, 15) is 14.4 Å². The molecule has 4 aromatic rings. The lowest BCUT2D eigenvalue weighted by Crippen LogP contribution is -2.42. The summed E-state index contributed by atoms with van der Waals surface area (Å²) >= 11 is 6.22. The third kappa shape index (κ3) is 3.80. The van der Waals surface area contributed by atoms with Crippen molar-refractivity contribution in [1.82, 2.24) is 20.0 Å². The lowest BCUT2D eigenvalue weighted by Gasteiger charge is -2.19. The van der Waals surface area contributed by atoms with Gasteiger partial charge in [0.15, 0.2) is 5.54 Å². The fraction of sp³-hybridized carbons (Fsp3) is 0.167. The molecule has 10 heteroatoms. The minimum Gasteiger partial charge on any atom is -0.458 e. The van der Waals surface area contributed by atoms with Gasteiger partial charge in [-0.05, 0) is 30.7 Å². The molecule has 0 aliphatic carbocycles. The number of urea groups is 1. The van der Waals surface area contributed by atoms with Crippen molar-refractivity contribution < 1.29 is 18.8 Å². The molecular weight excluding hydrogens is 458 g/mol. The number of carbonyl (C=O) groups excluding carboxylic acids is 3. The summed E-state index contributed by atoms with van der Waals surface area (Å²) in [5.41, 5.74) is 0.0187. The normalized spacial score (nSPS) is 17.9. The number of carbonyl (C=O) groups is 3. The van der Waals surface area contributed by atoms with Gasteiger partial charge in [-0.1, -0.05) is 48.0 Å². The second-order valence-electron chi connectivity index (χ2n) is 8.11. The SMILES string of the molecule is CC1(c2cc3ccccc3o2)NC(=O)N(CC(=O)Nc2ccnn2Cc2ccccc2Cl)C1=O. The summed E-state index contributed by atoms with van der Waals surface area (Å²) in [5, 5.41) is 11.0. The van der Waals surface area contributed by atoms with E-state index < -0.39 is 29.9 Å². The Bertz CT molecular complexity index is 1390. The average Bonchev–Trinajstić information content (AvgIpc) is 3.50. The number of aromatic nitrogens is 2. The zero-order valence-corrected chi connectivity index (χ0v) is 18.9. The first-order valence-electron chi connectivity index (χ1n) is 10.5. The number of nitrogens with zero attached hydrogens (tertiary/aromatic N) is 3. The van der Waals surface area contributed by atoms with Crippen LogP contribution in [0.2, 0.25) is 5.02 Å². The van der Waals surface area contributed by atoms with Crippen molar-refractivity contribution >= 4 is 46.2 Å². The van der Waals surface area contributed by atoms with Crippen LogP contribution in [0.4, 0.5) is 10.6 Å². The zero-order chi connectivity index (χ0) is 23.9. The molecule has 3 heterocycles. The van der Waals surface area contributed by atoms with Gasteiger partial charge < -0.3 is 15.1 Å². The second kappa shape index (κ2) is 8.35. The number of furan rings is 1. The summed E-state index contributed by atoms with van der Waals surface area (Å²) < 4.78 is 7.38. The molecule has 0 spiro atoms. The van der Waals surface area contributed by atoms with Crippen molar-refractivity contribution in [2.24, 2.45) is 0 Å². The van der Waals surface area contributed by atoms with Gasteiger partial charge in [-0.3, -0.25) is 14.5 Å². The maximum absolute atomic E-state index is 13.2. The molecule has 1 aliphatic heterocycles. The highest BCUT2D eigenvalue weighted by Crippen LogP contribution is 2.33. The second-order valence-corrected chi connectivity index (χ2v) is 8.52. The third-order valence-electron chi connectivity index (χ3n) is 5.76. The Kier molecular flexibility index (Phi) is 5.33. The molecule has 1 fully saturated rings. The molecule has 1 atom stereocenters. The van der Waals surface area contributed by atoms with Crippen LogP contribution in [0.25, 0.3) is 11.0 Å². The van der Waals surface area contributed by atoms with Gasteiger partial charge in [-0.25, -0.2) is 9.48 Å². The monoisotopic (exact) mass is 477 g/mol. The van der Waals surface area contributed by atoms with Gasteiger partial charge in [0, 0.05) is 16.5 Å². The third-order valence-corrected chi connectivity index (χ3v) is 6.13. The van der Waals surface area contributed by atoms with E-state index in [-0.39, 0.29) is 0 Å². The van der Waals surface area contributed by atoms with Gasteiger partial charge in [0.05, 0.1) is 12.7 Å². The number of para-hydroxylation sites is 1. The van der Waals surface area contributed by atoms with Gasteiger partial charge in [0.2, 0.25) is 5.91 Å². The van der Waals surface area contributed by atoms with E-state index in [2.05, 4.69) is 15.7 Å². The van der Waals surface area contributed by atoms with E-state index in [4.69, 9.17) is 16.0 Å². The number of hydrogen-bond acceptors (Lipinski definition) is 5. The van der Waals surface area contributed by atoms with Crippen molar-refractivity contribution in [3.8, 4) is 0 Å². The first-order valence-corrected chi connectivity index (χ1v) is 10.9. The number of anilines is 1. The van der Waals surface area contributed by atoms with Crippen LogP contribution in [0.5, 0.6) is 0 Å². The lowest BCUT2D eigenvalue weighted by molar-refractivity contribution is -0.134. The first kappa shape index (κ1) is 21.7. The van der Waals surface area contributed by atoms with Crippen molar-refractivity contribution in [1.29, 1.82) is 0 Å². The molecule has 0 bridgehead atoms. The number of hydrogen-bond donors (Lipinski definition) is 2. The molecule has 0 radical (unpaired) electrons. The van der Waals surface area contributed by atoms with Crippen molar-refractivity contribution in [2.75, 3.05) is 11.9 Å². The van der Waals surface area contributed by atoms with Crippen molar-refractivity contribution in [2.45, 2.75) is 19.0 Å². The Morgan fingerprint density at radius 3 is 2.71 bits per heavy atom. The molecule has 2 aromatic heterocycles. The summed E-state index contributed by atoms with van der Waals surface area (Å²) in [6.07, 6.45) is 1.54. The van der Waals surface area contributed by atoms with Crippen LogP contribution >= 0.6 is 11.6 Å². The van der Waals surface area contributed by atoms with Crippen molar-refractivity contribution in [3.63, 3.8) is 0 Å². The summed E-state index contributed by atoms with van der Waals surface area (Å²) in [4.78, 5) is 39.4. The quantitative estimate of drug-likeness (QED) is 0.411. The van der Waals surface area contributed by atoms with E-state index in [1.807, 2.05) is 36.4 Å². The van der Waals surface area contributed by atoms with Crippen LogP contribution in [0.15, 0.2) is 71.3 Å². The standard InChI is InChI=1S/C24H20ClN5O4/c1-24(19-12-15-6-3-5-9-18(15)34-19)22(32)29(23(33)28-24)14-21(31)27-20-10-11-26-30(20)13-16-7-2-4-8-17(16)25/h2-12H,13-14H2,1H3,(H,27,31)(H,28,33). The molecule has 1 saturated heterocycles. The molecule has 34 heavy (non-hydrogen) atoms. The highest BCUT2D eigenvalue weighted by Gasteiger charge is 2.51.